The van der Waals surface area contributed by atoms with E-state index < -0.39 is 0 Å². The fraction of sp³-hybridized carbons (Fsp3) is 0.0909. The van der Waals surface area contributed by atoms with Gasteiger partial charge in [-0.3, -0.25) is 5.43 Å². The van der Waals surface area contributed by atoms with Crippen molar-refractivity contribution >= 4 is 33.6 Å². The summed E-state index contributed by atoms with van der Waals surface area (Å²) in [7, 11) is 0. The summed E-state index contributed by atoms with van der Waals surface area (Å²) in [5, 5.41) is 24.0. The maximum atomic E-state index is 10.8. The molecule has 30 heavy (non-hydrogen) atoms. The number of rotatable bonds is 6. The van der Waals surface area contributed by atoms with Crippen molar-refractivity contribution in [1.82, 2.24) is 9.97 Å². The number of hydrazone groups is 1. The summed E-state index contributed by atoms with van der Waals surface area (Å²) in [5.74, 6) is 1.26. The van der Waals surface area contributed by atoms with Crippen LogP contribution in [0.5, 0.6) is 11.5 Å². The summed E-state index contributed by atoms with van der Waals surface area (Å²) in [4.78, 5) is 9.15. The monoisotopic (exact) mass is 415 g/mol. The first-order chi connectivity index (χ1) is 14.7. The number of nitrogens with one attached hydrogen (secondary N) is 1. The molecule has 2 aromatic carbocycles. The number of nitriles is 1. The normalized spacial score (nSPS) is 10.9. The molecule has 0 aliphatic heterocycles. The zero-order chi connectivity index (χ0) is 20.9. The van der Waals surface area contributed by atoms with Crippen LogP contribution < -0.4 is 10.2 Å². The van der Waals surface area contributed by atoms with Crippen LogP contribution in [0.4, 0.5) is 5.82 Å². The van der Waals surface area contributed by atoms with Gasteiger partial charge in [0.05, 0.1) is 29.3 Å². The molecule has 0 aliphatic rings. The van der Waals surface area contributed by atoms with Gasteiger partial charge in [0.15, 0.2) is 11.6 Å². The van der Waals surface area contributed by atoms with Crippen LogP contribution in [-0.4, -0.2) is 27.9 Å². The fourth-order valence-electron chi connectivity index (χ4n) is 2.95. The molecule has 0 atom stereocenters. The summed E-state index contributed by atoms with van der Waals surface area (Å²) >= 11 is 1.36. The molecule has 0 saturated carbocycles. The van der Waals surface area contributed by atoms with E-state index in [2.05, 4.69) is 26.6 Å². The minimum Gasteiger partial charge on any atom is -0.504 e. The number of benzene rings is 2. The number of anilines is 1. The molecule has 148 valence electrons. The van der Waals surface area contributed by atoms with Gasteiger partial charge in [0.2, 0.25) is 0 Å². The highest BCUT2D eigenvalue weighted by Gasteiger charge is 2.19. The number of nitrogens with zero attached hydrogens (tertiary/aromatic N) is 4. The third-order valence-electron chi connectivity index (χ3n) is 4.28. The van der Waals surface area contributed by atoms with Crippen LogP contribution in [0.3, 0.4) is 0 Å². The van der Waals surface area contributed by atoms with E-state index in [4.69, 9.17) is 10.00 Å². The summed E-state index contributed by atoms with van der Waals surface area (Å²) in [6, 6.07) is 16.8. The van der Waals surface area contributed by atoms with Gasteiger partial charge >= 0.3 is 0 Å². The Kier molecular flexibility index (Phi) is 5.54. The fourth-order valence-corrected chi connectivity index (χ4v) is 4.07. The Morgan fingerprint density at radius 2 is 2.10 bits per heavy atom. The highest BCUT2D eigenvalue weighted by atomic mass is 32.1. The number of ether oxygens (including phenoxy) is 1. The second kappa shape index (κ2) is 8.59. The Morgan fingerprint density at radius 3 is 2.93 bits per heavy atom. The average molecular weight is 415 g/mol. The van der Waals surface area contributed by atoms with Crippen LogP contribution in [0.25, 0.3) is 20.7 Å². The SMILES string of the molecule is CCOc1ccccc1-c1sc2c(NN=Cc3cccc(C#N)c3)ncnc2c1O. The first-order valence-electron chi connectivity index (χ1n) is 9.19. The van der Waals surface area contributed by atoms with Crippen molar-refractivity contribution in [2.24, 2.45) is 5.10 Å². The zero-order valence-electron chi connectivity index (χ0n) is 16.0. The molecule has 0 amide bonds. The van der Waals surface area contributed by atoms with E-state index in [1.807, 2.05) is 37.3 Å². The molecule has 7 nitrogen and oxygen atoms in total. The van der Waals surface area contributed by atoms with Gasteiger partial charge in [-0.05, 0) is 36.8 Å². The van der Waals surface area contributed by atoms with Gasteiger partial charge in [0, 0.05) is 5.56 Å². The lowest BCUT2D eigenvalue weighted by Crippen LogP contribution is -1.94. The van der Waals surface area contributed by atoms with Crippen LogP contribution in [0.1, 0.15) is 18.1 Å². The Bertz CT molecular complexity index is 1280. The lowest BCUT2D eigenvalue weighted by Gasteiger charge is -2.08. The number of aromatic nitrogens is 2. The standard InChI is InChI=1S/C22H17N5O2S/c1-2-29-17-9-4-3-8-16(17)20-19(28)18-21(30-20)22(25-13-24-18)27-26-12-15-7-5-6-14(10-15)11-23/h3-10,12-13,28H,2H2,1H3,(H,24,25,27). The van der Waals surface area contributed by atoms with Gasteiger partial charge in [-0.2, -0.15) is 10.4 Å². The van der Waals surface area contributed by atoms with Crippen molar-refractivity contribution < 1.29 is 9.84 Å². The maximum absolute atomic E-state index is 10.8. The Hall–Kier alpha value is -3.96. The lowest BCUT2D eigenvalue weighted by molar-refractivity contribution is 0.341. The van der Waals surface area contributed by atoms with Crippen LogP contribution >= 0.6 is 11.3 Å². The molecule has 0 radical (unpaired) electrons. The van der Waals surface area contributed by atoms with Gasteiger partial charge in [0.1, 0.15) is 22.3 Å². The number of fused-ring (bicyclic) bond motifs is 1. The molecule has 0 spiro atoms. The minimum absolute atomic E-state index is 0.0818. The predicted octanol–water partition coefficient (Wildman–Crippen LogP) is 4.78. The quantitative estimate of drug-likeness (QED) is 0.347. The number of para-hydroxylation sites is 1. The van der Waals surface area contributed by atoms with E-state index in [1.54, 1.807) is 24.4 Å². The molecule has 4 rings (SSSR count). The van der Waals surface area contributed by atoms with Gasteiger partial charge < -0.3 is 9.84 Å². The van der Waals surface area contributed by atoms with Crippen molar-refractivity contribution in [3.8, 4) is 28.0 Å². The van der Waals surface area contributed by atoms with Crippen molar-refractivity contribution in [2.45, 2.75) is 6.92 Å². The van der Waals surface area contributed by atoms with E-state index >= 15 is 0 Å². The molecule has 0 aliphatic carbocycles. The van der Waals surface area contributed by atoms with Gasteiger partial charge in [-0.25, -0.2) is 9.97 Å². The Labute approximate surface area is 176 Å². The molecule has 0 fully saturated rings. The third-order valence-corrected chi connectivity index (χ3v) is 5.49. The van der Waals surface area contributed by atoms with E-state index in [9.17, 15) is 5.11 Å². The Morgan fingerprint density at radius 1 is 1.23 bits per heavy atom. The van der Waals surface area contributed by atoms with Gasteiger partial charge in [-0.1, -0.05) is 24.3 Å². The van der Waals surface area contributed by atoms with Crippen molar-refractivity contribution in [2.75, 3.05) is 12.0 Å². The predicted molar refractivity (Wildman–Crippen MR) is 118 cm³/mol. The average Bonchev–Trinajstić information content (AvgIpc) is 3.12. The van der Waals surface area contributed by atoms with Gasteiger partial charge in [-0.15, -0.1) is 11.3 Å². The third kappa shape index (κ3) is 3.79. The maximum Gasteiger partial charge on any atom is 0.167 e. The molecule has 2 heterocycles. The highest BCUT2D eigenvalue weighted by Crippen LogP contribution is 2.47. The lowest BCUT2D eigenvalue weighted by atomic mass is 10.1. The number of hydrogen-bond acceptors (Lipinski definition) is 8. The topological polar surface area (TPSA) is 103 Å². The number of aromatic hydroxyl groups is 1. The smallest absolute Gasteiger partial charge is 0.167 e. The Balaban J connectivity index is 1.69. The zero-order valence-corrected chi connectivity index (χ0v) is 16.8. The second-order valence-corrected chi connectivity index (χ2v) is 7.24. The number of thiophene rings is 1. The largest absolute Gasteiger partial charge is 0.504 e. The van der Waals surface area contributed by atoms with Crippen LogP contribution in [0.2, 0.25) is 0 Å². The summed E-state index contributed by atoms with van der Waals surface area (Å²) < 4.78 is 6.38. The van der Waals surface area contributed by atoms with E-state index in [1.165, 1.54) is 17.7 Å². The summed E-state index contributed by atoms with van der Waals surface area (Å²) in [5.41, 5.74) is 5.49. The van der Waals surface area contributed by atoms with E-state index in [-0.39, 0.29) is 5.75 Å². The minimum atomic E-state index is 0.0818. The number of hydrogen-bond donors (Lipinski definition) is 2. The van der Waals surface area contributed by atoms with Crippen LogP contribution in [0.15, 0.2) is 60.0 Å². The van der Waals surface area contributed by atoms with Crippen LogP contribution in [-0.2, 0) is 0 Å². The van der Waals surface area contributed by atoms with E-state index in [0.29, 0.717) is 38.8 Å². The van der Waals surface area contributed by atoms with Gasteiger partial charge in [0.25, 0.3) is 0 Å². The molecule has 0 saturated heterocycles. The molecule has 0 unspecified atom stereocenters. The molecule has 0 bridgehead atoms. The van der Waals surface area contributed by atoms with Crippen molar-refractivity contribution in [3.63, 3.8) is 0 Å². The summed E-state index contributed by atoms with van der Waals surface area (Å²) in [6.45, 7) is 2.44. The van der Waals surface area contributed by atoms with Crippen molar-refractivity contribution in [3.05, 3.63) is 66.0 Å². The first kappa shape index (κ1) is 19.4. The molecular formula is C22H17N5O2S. The highest BCUT2D eigenvalue weighted by molar-refractivity contribution is 7.23. The van der Waals surface area contributed by atoms with Crippen molar-refractivity contribution in [1.29, 1.82) is 5.26 Å². The summed E-state index contributed by atoms with van der Waals surface area (Å²) in [6.07, 6.45) is 2.98. The molecule has 4 aromatic rings. The molecule has 2 aromatic heterocycles. The van der Waals surface area contributed by atoms with E-state index in [0.717, 1.165) is 11.1 Å². The molecule has 2 N–H and O–H groups in total. The molecular weight excluding hydrogens is 398 g/mol. The molecule has 8 heteroatoms. The van der Waals surface area contributed by atoms with Crippen LogP contribution in [0, 0.1) is 11.3 Å². The second-order valence-electron chi connectivity index (χ2n) is 6.22. The first-order valence-corrected chi connectivity index (χ1v) is 10.0.